The second kappa shape index (κ2) is 6.12. The maximum atomic E-state index is 4.03. The van der Waals surface area contributed by atoms with Crippen LogP contribution in [0.3, 0.4) is 0 Å². The van der Waals surface area contributed by atoms with Gasteiger partial charge in [0.15, 0.2) is 0 Å². The Balaban J connectivity index is 2.95. The van der Waals surface area contributed by atoms with E-state index >= 15 is 0 Å². The zero-order valence-corrected chi connectivity index (χ0v) is 6.53. The van der Waals surface area contributed by atoms with E-state index in [-0.39, 0.29) is 0 Å². The third-order valence-corrected chi connectivity index (χ3v) is 1.58. The highest BCUT2D eigenvalue weighted by molar-refractivity contribution is 4.61. The van der Waals surface area contributed by atoms with Gasteiger partial charge in [0, 0.05) is 0 Å². The molecule has 0 N–H and O–H groups in total. The molecule has 0 fully saturated rings. The largest absolute Gasteiger partial charge is 0.0654 e. The Morgan fingerprint density at radius 2 is 2.00 bits per heavy atom. The van der Waals surface area contributed by atoms with Gasteiger partial charge in [-0.3, -0.25) is 0 Å². The van der Waals surface area contributed by atoms with Crippen molar-refractivity contribution in [3.05, 3.63) is 13.8 Å². The van der Waals surface area contributed by atoms with Gasteiger partial charge in [0.1, 0.15) is 0 Å². The first-order valence-corrected chi connectivity index (χ1v) is 3.93. The molecule has 0 saturated heterocycles. The van der Waals surface area contributed by atoms with Crippen LogP contribution in [0.2, 0.25) is 0 Å². The normalized spacial score (nSPS) is 13.7. The summed E-state index contributed by atoms with van der Waals surface area (Å²) in [5.41, 5.74) is 0. The van der Waals surface area contributed by atoms with Crippen LogP contribution in [0.15, 0.2) is 0 Å². The van der Waals surface area contributed by atoms with Crippen molar-refractivity contribution >= 4 is 0 Å². The molecule has 0 aliphatic carbocycles. The monoisotopic (exact) mass is 126 g/mol. The van der Waals surface area contributed by atoms with Crippen LogP contribution in [0.4, 0.5) is 0 Å². The first-order valence-electron chi connectivity index (χ1n) is 3.93. The fourth-order valence-electron chi connectivity index (χ4n) is 0.926. The van der Waals surface area contributed by atoms with Crippen LogP contribution in [-0.4, -0.2) is 0 Å². The van der Waals surface area contributed by atoms with Gasteiger partial charge in [-0.2, -0.15) is 0 Å². The molecule has 0 heterocycles. The molecular weight excluding hydrogens is 108 g/mol. The second-order valence-electron chi connectivity index (χ2n) is 2.65. The Kier molecular flexibility index (Phi) is 6.12. The van der Waals surface area contributed by atoms with Crippen LogP contribution < -0.4 is 0 Å². The van der Waals surface area contributed by atoms with Crippen LogP contribution >= 0.6 is 0 Å². The van der Waals surface area contributed by atoms with E-state index in [1.54, 1.807) is 0 Å². The van der Waals surface area contributed by atoms with E-state index in [0.29, 0.717) is 5.92 Å². The molecule has 0 aromatic heterocycles. The number of hydrogen-bond donors (Lipinski definition) is 0. The van der Waals surface area contributed by atoms with Crippen LogP contribution in [0.5, 0.6) is 0 Å². The minimum atomic E-state index is 0.655. The van der Waals surface area contributed by atoms with Crippen molar-refractivity contribution in [2.24, 2.45) is 5.92 Å². The molecule has 0 aromatic carbocycles. The Hall–Kier alpha value is 0. The summed E-state index contributed by atoms with van der Waals surface area (Å²) in [7, 11) is 0. The molecule has 0 amide bonds. The summed E-state index contributed by atoms with van der Waals surface area (Å²) in [5.74, 6) is 0.655. The van der Waals surface area contributed by atoms with E-state index in [4.69, 9.17) is 0 Å². The first-order chi connectivity index (χ1) is 4.31. The number of unbranched alkanes of at least 4 members (excludes halogenated alkanes) is 1. The van der Waals surface area contributed by atoms with Crippen LogP contribution in [0.1, 0.15) is 39.0 Å². The van der Waals surface area contributed by atoms with Crippen molar-refractivity contribution in [2.75, 3.05) is 0 Å². The molecule has 0 nitrogen and oxygen atoms in total. The zero-order chi connectivity index (χ0) is 7.11. The summed E-state index contributed by atoms with van der Waals surface area (Å²) >= 11 is 0. The van der Waals surface area contributed by atoms with Crippen molar-refractivity contribution in [3.63, 3.8) is 0 Å². The molecule has 0 aromatic rings. The number of hydrogen-bond acceptors (Lipinski definition) is 0. The highest BCUT2D eigenvalue weighted by atomic mass is 14.0. The molecule has 0 aliphatic rings. The smallest absolute Gasteiger partial charge is 0.0414 e. The van der Waals surface area contributed by atoms with Gasteiger partial charge in [0.05, 0.1) is 0 Å². The average Bonchev–Trinajstić information content (AvgIpc) is 1.85. The topological polar surface area (TPSA) is 0 Å². The van der Waals surface area contributed by atoms with Gasteiger partial charge < -0.3 is 0 Å². The van der Waals surface area contributed by atoms with Crippen LogP contribution in [0, 0.1) is 19.8 Å². The Bertz CT molecular complexity index is 48.0. The summed E-state index contributed by atoms with van der Waals surface area (Å²) in [4.78, 5) is 0. The fourth-order valence-corrected chi connectivity index (χ4v) is 0.926. The quantitative estimate of drug-likeness (QED) is 0.530. The lowest BCUT2D eigenvalue weighted by Crippen LogP contribution is -1.92. The molecule has 0 saturated carbocycles. The Labute approximate surface area is 59.7 Å². The lowest BCUT2D eigenvalue weighted by atomic mass is 10.00. The summed E-state index contributed by atoms with van der Waals surface area (Å²) in [6.07, 6.45) is 6.14. The molecule has 1 atom stereocenters. The lowest BCUT2D eigenvalue weighted by molar-refractivity contribution is 0.518. The molecule has 1 unspecified atom stereocenters. The Morgan fingerprint density at radius 1 is 1.33 bits per heavy atom. The fraction of sp³-hybridized carbons (Fsp3) is 0.778. The first kappa shape index (κ1) is 9.00. The molecule has 2 radical (unpaired) electrons. The van der Waals surface area contributed by atoms with Gasteiger partial charge in [0.25, 0.3) is 0 Å². The SMILES string of the molecule is [CH2]CCC([CH2])CCCC. The molecule has 0 bridgehead atoms. The third kappa shape index (κ3) is 5.88. The minimum absolute atomic E-state index is 0.655. The highest BCUT2D eigenvalue weighted by Gasteiger charge is 1.97. The maximum Gasteiger partial charge on any atom is -0.0414 e. The molecular formula is C9H18. The maximum absolute atomic E-state index is 4.03. The van der Waals surface area contributed by atoms with Crippen molar-refractivity contribution in [1.29, 1.82) is 0 Å². The zero-order valence-electron chi connectivity index (χ0n) is 6.53. The third-order valence-electron chi connectivity index (χ3n) is 1.58. The number of rotatable bonds is 5. The van der Waals surface area contributed by atoms with Gasteiger partial charge in [-0.1, -0.05) is 52.9 Å². The summed E-state index contributed by atoms with van der Waals surface area (Å²) in [6, 6.07) is 0. The summed E-state index contributed by atoms with van der Waals surface area (Å²) in [6.45, 7) is 10.0. The Morgan fingerprint density at radius 3 is 2.44 bits per heavy atom. The lowest BCUT2D eigenvalue weighted by Gasteiger charge is -2.06. The molecule has 0 rings (SSSR count). The van der Waals surface area contributed by atoms with E-state index in [1.807, 2.05) is 0 Å². The molecule has 9 heavy (non-hydrogen) atoms. The van der Waals surface area contributed by atoms with Gasteiger partial charge in [-0.25, -0.2) is 0 Å². The molecule has 0 heteroatoms. The van der Waals surface area contributed by atoms with Gasteiger partial charge in [0.2, 0.25) is 0 Å². The standard InChI is InChI=1S/C9H18/c1-4-6-8-9(3)7-5-2/h9H,2-8H2,1H3. The van der Waals surface area contributed by atoms with Gasteiger partial charge >= 0.3 is 0 Å². The van der Waals surface area contributed by atoms with Crippen molar-refractivity contribution in [2.45, 2.75) is 39.0 Å². The summed E-state index contributed by atoms with van der Waals surface area (Å²) < 4.78 is 0. The van der Waals surface area contributed by atoms with Gasteiger partial charge in [-0.05, 0) is 5.92 Å². The predicted octanol–water partition coefficient (Wildman–Crippen LogP) is 3.24. The van der Waals surface area contributed by atoms with Crippen LogP contribution in [-0.2, 0) is 0 Å². The van der Waals surface area contributed by atoms with E-state index in [9.17, 15) is 0 Å². The average molecular weight is 126 g/mol. The molecule has 54 valence electrons. The van der Waals surface area contributed by atoms with E-state index in [2.05, 4.69) is 20.8 Å². The van der Waals surface area contributed by atoms with Crippen molar-refractivity contribution in [1.82, 2.24) is 0 Å². The van der Waals surface area contributed by atoms with Crippen molar-refractivity contribution in [3.8, 4) is 0 Å². The second-order valence-corrected chi connectivity index (χ2v) is 2.65. The molecule has 0 aliphatic heterocycles. The van der Waals surface area contributed by atoms with Crippen LogP contribution in [0.25, 0.3) is 0 Å². The predicted molar refractivity (Wildman–Crippen MR) is 43.0 cm³/mol. The minimum Gasteiger partial charge on any atom is -0.0654 e. The molecule has 0 spiro atoms. The van der Waals surface area contributed by atoms with E-state index in [1.165, 1.54) is 25.7 Å². The van der Waals surface area contributed by atoms with E-state index < -0.39 is 0 Å². The van der Waals surface area contributed by atoms with Crippen molar-refractivity contribution < 1.29 is 0 Å². The van der Waals surface area contributed by atoms with E-state index in [0.717, 1.165) is 6.42 Å². The summed E-state index contributed by atoms with van der Waals surface area (Å²) in [5, 5.41) is 0. The van der Waals surface area contributed by atoms with Gasteiger partial charge in [-0.15, -0.1) is 0 Å². The highest BCUT2D eigenvalue weighted by Crippen LogP contribution is 2.12.